The Morgan fingerprint density at radius 2 is 1.80 bits per heavy atom. The normalized spacial score (nSPS) is 10.2. The molecule has 0 spiro atoms. The highest BCUT2D eigenvalue weighted by Crippen LogP contribution is 2.28. The van der Waals surface area contributed by atoms with Crippen LogP contribution in [0.2, 0.25) is 0 Å². The van der Waals surface area contributed by atoms with Crippen molar-refractivity contribution in [2.24, 2.45) is 0 Å². The van der Waals surface area contributed by atoms with Crippen LogP contribution < -0.4 is 9.47 Å². The van der Waals surface area contributed by atoms with Gasteiger partial charge in [-0.2, -0.15) is 0 Å². The largest absolute Gasteiger partial charge is 0.493 e. The zero-order chi connectivity index (χ0) is 15.0. The molecule has 0 amide bonds. The van der Waals surface area contributed by atoms with Gasteiger partial charge in [0.05, 0.1) is 10.00 Å². The molecule has 0 saturated carbocycles. The van der Waals surface area contributed by atoms with Crippen LogP contribution >= 0.6 is 43.5 Å². The van der Waals surface area contributed by atoms with Crippen LogP contribution in [-0.2, 0) is 0 Å². The summed E-state index contributed by atoms with van der Waals surface area (Å²) >= 11 is 12.2. The molecule has 5 heteroatoms. The smallest absolute Gasteiger partial charge is 0.125 e. The molecule has 0 aliphatic heterocycles. The summed E-state index contributed by atoms with van der Waals surface area (Å²) in [5.41, 5.74) is 2.18. The molecule has 0 aliphatic rings. The number of alkyl halides is 1. The van der Waals surface area contributed by atoms with Crippen LogP contribution in [-0.4, -0.2) is 19.1 Å². The zero-order valence-electron chi connectivity index (χ0n) is 11.7. The molecule has 2 nitrogen and oxygen atoms in total. The Kier molecular flexibility index (Phi) is 8.66. The van der Waals surface area contributed by atoms with Crippen molar-refractivity contribution < 1.29 is 9.47 Å². The number of hydrogen-bond acceptors (Lipinski definition) is 2. The van der Waals surface area contributed by atoms with E-state index in [0.29, 0.717) is 19.1 Å². The molecule has 0 saturated heterocycles. The molecule has 112 valence electrons. The average Bonchev–Trinajstić information content (AvgIpc) is 2.36. The van der Waals surface area contributed by atoms with Crippen LogP contribution in [0.1, 0.15) is 24.0 Å². The molecule has 0 heterocycles. The van der Waals surface area contributed by atoms with E-state index in [4.69, 9.17) is 21.1 Å². The topological polar surface area (TPSA) is 18.5 Å². The summed E-state index contributed by atoms with van der Waals surface area (Å²) in [5.74, 6) is 2.49. The lowest BCUT2D eigenvalue weighted by molar-refractivity contribution is 0.304. The van der Waals surface area contributed by atoms with Crippen molar-refractivity contribution in [3.63, 3.8) is 0 Å². The molecule has 1 aromatic carbocycles. The second kappa shape index (κ2) is 9.69. The van der Waals surface area contributed by atoms with E-state index in [1.165, 1.54) is 0 Å². The minimum Gasteiger partial charge on any atom is -0.493 e. The van der Waals surface area contributed by atoms with Gasteiger partial charge in [0, 0.05) is 5.88 Å². The lowest BCUT2D eigenvalue weighted by atomic mass is 10.1. The quantitative estimate of drug-likeness (QED) is 0.391. The first-order valence-corrected chi connectivity index (χ1v) is 8.60. The van der Waals surface area contributed by atoms with Crippen molar-refractivity contribution in [3.8, 4) is 11.5 Å². The number of rotatable bonds is 8. The monoisotopic (exact) mass is 424 g/mol. The fraction of sp³-hybridized carbons (Fsp3) is 0.467. The molecule has 0 atom stereocenters. The molecule has 1 rings (SSSR count). The Balaban J connectivity index is 2.63. The molecule has 0 fully saturated rings. The minimum absolute atomic E-state index is 0.515. The first kappa shape index (κ1) is 17.9. The zero-order valence-corrected chi connectivity index (χ0v) is 15.6. The minimum atomic E-state index is 0.515. The molecule has 0 unspecified atom stereocenters. The number of ether oxygens (including phenoxy) is 2. The summed E-state index contributed by atoms with van der Waals surface area (Å²) < 4.78 is 12.4. The van der Waals surface area contributed by atoms with E-state index in [9.17, 15) is 0 Å². The fourth-order valence-electron chi connectivity index (χ4n) is 1.79. The van der Waals surface area contributed by atoms with Crippen LogP contribution in [0.4, 0.5) is 0 Å². The van der Waals surface area contributed by atoms with Gasteiger partial charge >= 0.3 is 0 Å². The molecular weight excluding hydrogens is 407 g/mol. The maximum Gasteiger partial charge on any atom is 0.125 e. The van der Waals surface area contributed by atoms with E-state index in [2.05, 4.69) is 31.9 Å². The van der Waals surface area contributed by atoms with E-state index in [1.54, 1.807) is 0 Å². The van der Waals surface area contributed by atoms with Gasteiger partial charge in [-0.3, -0.25) is 0 Å². The number of hydrogen-bond donors (Lipinski definition) is 0. The Morgan fingerprint density at radius 3 is 2.35 bits per heavy atom. The lowest BCUT2D eigenvalue weighted by Gasteiger charge is -2.14. The third-order valence-electron chi connectivity index (χ3n) is 2.70. The standard InChI is InChI=1S/C15H19Br2ClO2/c1-11-9-13(19-8-5-14(16)17)10-12(2)15(11)20-7-4-3-6-18/h5,9-10H,3-4,6-8H2,1-2H3. The predicted octanol–water partition coefficient (Wildman–Crippen LogP) is 5.71. The lowest BCUT2D eigenvalue weighted by Crippen LogP contribution is -2.02. The molecule has 0 aromatic heterocycles. The van der Waals surface area contributed by atoms with Crippen molar-refractivity contribution in [3.05, 3.63) is 32.7 Å². The number of aryl methyl sites for hydroxylation is 2. The first-order chi connectivity index (χ1) is 9.54. The van der Waals surface area contributed by atoms with Crippen LogP contribution in [0.3, 0.4) is 0 Å². The van der Waals surface area contributed by atoms with Gasteiger partial charge in [-0.25, -0.2) is 0 Å². The summed E-state index contributed by atoms with van der Waals surface area (Å²) in [6.45, 7) is 5.29. The Labute approximate surface area is 142 Å². The van der Waals surface area contributed by atoms with E-state index in [1.807, 2.05) is 32.1 Å². The molecule has 0 aliphatic carbocycles. The second-order valence-corrected chi connectivity index (χ2v) is 7.59. The average molecular weight is 427 g/mol. The van der Waals surface area contributed by atoms with Crippen LogP contribution in [0.15, 0.2) is 21.6 Å². The van der Waals surface area contributed by atoms with Gasteiger partial charge in [-0.15, -0.1) is 11.6 Å². The maximum absolute atomic E-state index is 5.83. The van der Waals surface area contributed by atoms with Crippen molar-refractivity contribution in [1.82, 2.24) is 0 Å². The van der Waals surface area contributed by atoms with E-state index in [-0.39, 0.29) is 0 Å². The molecular formula is C15H19Br2ClO2. The molecule has 0 bridgehead atoms. The van der Waals surface area contributed by atoms with Crippen molar-refractivity contribution >= 4 is 43.5 Å². The highest BCUT2D eigenvalue weighted by atomic mass is 79.9. The molecule has 1 aromatic rings. The van der Waals surface area contributed by atoms with Gasteiger partial charge in [-0.1, -0.05) is 0 Å². The summed E-state index contributed by atoms with van der Waals surface area (Å²) in [4.78, 5) is 0. The third-order valence-corrected chi connectivity index (χ3v) is 3.61. The highest BCUT2D eigenvalue weighted by molar-refractivity contribution is 9.28. The SMILES string of the molecule is Cc1cc(OCC=C(Br)Br)cc(C)c1OCCCCCl. The van der Waals surface area contributed by atoms with Crippen molar-refractivity contribution in [2.45, 2.75) is 26.7 Å². The van der Waals surface area contributed by atoms with Crippen LogP contribution in [0.5, 0.6) is 11.5 Å². The summed E-state index contributed by atoms with van der Waals surface area (Å²) in [6.07, 6.45) is 3.86. The van der Waals surface area contributed by atoms with Gasteiger partial charge in [-0.05, 0) is 87.9 Å². The predicted molar refractivity (Wildman–Crippen MR) is 92.8 cm³/mol. The van der Waals surface area contributed by atoms with E-state index < -0.39 is 0 Å². The Hall–Kier alpha value is -0.190. The van der Waals surface area contributed by atoms with Crippen molar-refractivity contribution in [1.29, 1.82) is 0 Å². The maximum atomic E-state index is 5.83. The highest BCUT2D eigenvalue weighted by Gasteiger charge is 2.07. The van der Waals surface area contributed by atoms with Crippen LogP contribution in [0, 0.1) is 13.8 Å². The van der Waals surface area contributed by atoms with Gasteiger partial charge < -0.3 is 9.47 Å². The number of benzene rings is 1. The summed E-state index contributed by atoms with van der Waals surface area (Å²) in [7, 11) is 0. The number of unbranched alkanes of at least 4 members (excludes halogenated alkanes) is 1. The Morgan fingerprint density at radius 1 is 1.15 bits per heavy atom. The fourth-order valence-corrected chi connectivity index (χ4v) is 2.25. The number of halogens is 3. The molecule has 20 heavy (non-hydrogen) atoms. The molecule has 0 radical (unpaired) electrons. The molecule has 0 N–H and O–H groups in total. The van der Waals surface area contributed by atoms with E-state index in [0.717, 1.165) is 38.9 Å². The summed E-state index contributed by atoms with van der Waals surface area (Å²) in [6, 6.07) is 4.00. The van der Waals surface area contributed by atoms with Gasteiger partial charge in [0.15, 0.2) is 0 Å². The first-order valence-electron chi connectivity index (χ1n) is 6.48. The van der Waals surface area contributed by atoms with Crippen molar-refractivity contribution in [2.75, 3.05) is 19.1 Å². The van der Waals surface area contributed by atoms with Gasteiger partial charge in [0.25, 0.3) is 0 Å². The van der Waals surface area contributed by atoms with Gasteiger partial charge in [0.2, 0.25) is 0 Å². The second-order valence-electron chi connectivity index (χ2n) is 4.44. The third kappa shape index (κ3) is 6.51. The summed E-state index contributed by atoms with van der Waals surface area (Å²) in [5, 5.41) is 0. The van der Waals surface area contributed by atoms with Gasteiger partial charge in [0.1, 0.15) is 18.1 Å². The van der Waals surface area contributed by atoms with Crippen LogP contribution in [0.25, 0.3) is 0 Å². The Bertz CT molecular complexity index is 434. The van der Waals surface area contributed by atoms with E-state index >= 15 is 0 Å².